The number of thiocarbonyl (C=S) groups is 1. The summed E-state index contributed by atoms with van der Waals surface area (Å²) in [5.74, 6) is -1.58. The van der Waals surface area contributed by atoms with Crippen LogP contribution in [0.1, 0.15) is 12.0 Å². The largest absolute Gasteiger partial charge is 0.361 e. The highest BCUT2D eigenvalue weighted by Gasteiger charge is 2.13. The molecule has 8 heteroatoms. The number of anilines is 1. The molecule has 0 aliphatic carbocycles. The minimum Gasteiger partial charge on any atom is -0.361 e. The van der Waals surface area contributed by atoms with Crippen LogP contribution in [-0.4, -0.2) is 49.0 Å². The number of amides is 2. The van der Waals surface area contributed by atoms with Gasteiger partial charge >= 0.3 is 11.8 Å². The molecule has 0 saturated heterocycles. The maximum atomic E-state index is 11.7. The fourth-order valence-electron chi connectivity index (χ4n) is 1.64. The zero-order chi connectivity index (χ0) is 17.2. The maximum Gasteiger partial charge on any atom is 0.328 e. The van der Waals surface area contributed by atoms with Crippen molar-refractivity contribution in [2.24, 2.45) is 0 Å². The standard InChI is InChI=1S/C15H23N5O2S/c1-11-5-7-12(8-6-11)17-13(21)14(22)18-19-15(23)16-9-4-10-20(2)3/h5-8H,4,9-10H2,1-3H3,(H,17,21)(H,18,22)(H2,16,19,23). The van der Waals surface area contributed by atoms with E-state index >= 15 is 0 Å². The highest BCUT2D eigenvalue weighted by Crippen LogP contribution is 2.07. The van der Waals surface area contributed by atoms with Crippen molar-refractivity contribution in [3.8, 4) is 0 Å². The predicted octanol–water partition coefficient (Wildman–Crippen LogP) is 0.381. The van der Waals surface area contributed by atoms with Crippen LogP contribution in [0.25, 0.3) is 0 Å². The number of hydrogen-bond acceptors (Lipinski definition) is 4. The van der Waals surface area contributed by atoms with Crippen LogP contribution in [0.4, 0.5) is 5.69 Å². The molecule has 0 spiro atoms. The Labute approximate surface area is 141 Å². The van der Waals surface area contributed by atoms with E-state index in [1.807, 2.05) is 33.2 Å². The van der Waals surface area contributed by atoms with Gasteiger partial charge in [0.15, 0.2) is 5.11 Å². The molecule has 1 aromatic carbocycles. The van der Waals surface area contributed by atoms with Crippen LogP contribution in [0.5, 0.6) is 0 Å². The van der Waals surface area contributed by atoms with E-state index in [2.05, 4.69) is 26.4 Å². The van der Waals surface area contributed by atoms with Gasteiger partial charge in [-0.3, -0.25) is 20.4 Å². The van der Waals surface area contributed by atoms with E-state index in [0.29, 0.717) is 12.2 Å². The number of benzene rings is 1. The van der Waals surface area contributed by atoms with Crippen molar-refractivity contribution < 1.29 is 9.59 Å². The van der Waals surface area contributed by atoms with Gasteiger partial charge in [-0.2, -0.15) is 0 Å². The summed E-state index contributed by atoms with van der Waals surface area (Å²) in [7, 11) is 3.98. The molecule has 7 nitrogen and oxygen atoms in total. The Morgan fingerprint density at radius 1 is 1.09 bits per heavy atom. The zero-order valence-electron chi connectivity index (χ0n) is 13.6. The number of aryl methyl sites for hydroxylation is 1. The minimum atomic E-state index is -0.817. The van der Waals surface area contributed by atoms with E-state index in [-0.39, 0.29) is 5.11 Å². The van der Waals surface area contributed by atoms with Gasteiger partial charge in [-0.05, 0) is 58.3 Å². The topological polar surface area (TPSA) is 85.5 Å². The lowest BCUT2D eigenvalue weighted by Crippen LogP contribution is -2.50. The van der Waals surface area contributed by atoms with E-state index in [4.69, 9.17) is 12.2 Å². The maximum absolute atomic E-state index is 11.7. The summed E-state index contributed by atoms with van der Waals surface area (Å²) >= 11 is 5.00. The molecule has 2 amide bonds. The second kappa shape index (κ2) is 9.75. The SMILES string of the molecule is Cc1ccc(NC(=O)C(=O)NNC(=S)NCCCN(C)C)cc1. The normalized spacial score (nSPS) is 10.1. The van der Waals surface area contributed by atoms with Crippen molar-refractivity contribution in [1.29, 1.82) is 0 Å². The molecule has 0 heterocycles. The lowest BCUT2D eigenvalue weighted by Gasteiger charge is -2.13. The summed E-state index contributed by atoms with van der Waals surface area (Å²) in [5, 5.41) is 5.70. The summed E-state index contributed by atoms with van der Waals surface area (Å²) in [4.78, 5) is 25.4. The number of hydrogen-bond donors (Lipinski definition) is 4. The molecule has 0 aromatic heterocycles. The van der Waals surface area contributed by atoms with Crippen molar-refractivity contribution >= 4 is 34.8 Å². The number of rotatable bonds is 5. The van der Waals surface area contributed by atoms with Gasteiger partial charge in [0.25, 0.3) is 0 Å². The lowest BCUT2D eigenvalue weighted by molar-refractivity contribution is -0.136. The van der Waals surface area contributed by atoms with Crippen molar-refractivity contribution in [2.75, 3.05) is 32.5 Å². The summed E-state index contributed by atoms with van der Waals surface area (Å²) in [6.45, 7) is 3.55. The predicted molar refractivity (Wildman–Crippen MR) is 94.9 cm³/mol. The van der Waals surface area contributed by atoms with Gasteiger partial charge in [0.1, 0.15) is 0 Å². The van der Waals surface area contributed by atoms with E-state index in [0.717, 1.165) is 18.5 Å². The van der Waals surface area contributed by atoms with E-state index < -0.39 is 11.8 Å². The Morgan fingerprint density at radius 2 is 1.74 bits per heavy atom. The van der Waals surface area contributed by atoms with Gasteiger partial charge in [0.2, 0.25) is 0 Å². The molecule has 4 N–H and O–H groups in total. The Hall–Kier alpha value is -2.19. The molecule has 1 rings (SSSR count). The first kappa shape index (κ1) is 18.9. The molecule has 0 aliphatic heterocycles. The number of nitrogens with zero attached hydrogens (tertiary/aromatic N) is 1. The zero-order valence-corrected chi connectivity index (χ0v) is 14.4. The van der Waals surface area contributed by atoms with Crippen LogP contribution < -0.4 is 21.5 Å². The first-order chi connectivity index (χ1) is 10.9. The quantitative estimate of drug-likeness (QED) is 0.269. The van der Waals surface area contributed by atoms with Gasteiger partial charge in [0.05, 0.1) is 0 Å². The Bertz CT molecular complexity index is 545. The van der Waals surface area contributed by atoms with Crippen molar-refractivity contribution in [3.05, 3.63) is 29.8 Å². The van der Waals surface area contributed by atoms with Crippen LogP contribution in [0.2, 0.25) is 0 Å². The fourth-order valence-corrected chi connectivity index (χ4v) is 1.79. The first-order valence-electron chi connectivity index (χ1n) is 7.25. The lowest BCUT2D eigenvalue weighted by atomic mass is 10.2. The Kier molecular flexibility index (Phi) is 8.00. The van der Waals surface area contributed by atoms with Crippen molar-refractivity contribution in [3.63, 3.8) is 0 Å². The highest BCUT2D eigenvalue weighted by atomic mass is 32.1. The molecule has 0 fully saturated rings. The third kappa shape index (κ3) is 8.12. The molecule has 126 valence electrons. The van der Waals surface area contributed by atoms with E-state index in [1.165, 1.54) is 0 Å². The van der Waals surface area contributed by atoms with E-state index in [9.17, 15) is 9.59 Å². The molecule has 0 unspecified atom stereocenters. The van der Waals surface area contributed by atoms with Crippen molar-refractivity contribution in [2.45, 2.75) is 13.3 Å². The number of hydrazine groups is 1. The fraction of sp³-hybridized carbons (Fsp3) is 0.400. The van der Waals surface area contributed by atoms with Gasteiger partial charge in [-0.15, -0.1) is 0 Å². The van der Waals surface area contributed by atoms with Gasteiger partial charge < -0.3 is 15.5 Å². The Balaban J connectivity index is 2.25. The summed E-state index contributed by atoms with van der Waals surface area (Å²) in [6, 6.07) is 7.15. The molecule has 0 aliphatic rings. The highest BCUT2D eigenvalue weighted by molar-refractivity contribution is 7.80. The second-order valence-corrected chi connectivity index (χ2v) is 5.72. The Morgan fingerprint density at radius 3 is 2.35 bits per heavy atom. The van der Waals surface area contributed by atoms with Gasteiger partial charge in [0, 0.05) is 12.2 Å². The van der Waals surface area contributed by atoms with Crippen LogP contribution in [0.15, 0.2) is 24.3 Å². The molecule has 0 atom stereocenters. The van der Waals surface area contributed by atoms with Crippen molar-refractivity contribution in [1.82, 2.24) is 21.1 Å². The molecule has 1 aromatic rings. The third-order valence-corrected chi connectivity index (χ3v) is 3.12. The average molecular weight is 337 g/mol. The number of carbonyl (C=O) groups is 2. The summed E-state index contributed by atoms with van der Waals surface area (Å²) in [6.07, 6.45) is 0.913. The molecular formula is C15H23N5O2S. The summed E-state index contributed by atoms with van der Waals surface area (Å²) in [5.41, 5.74) is 6.37. The molecule has 0 bridgehead atoms. The molecule has 0 radical (unpaired) electrons. The van der Waals surface area contributed by atoms with Gasteiger partial charge in [-0.25, -0.2) is 0 Å². The third-order valence-electron chi connectivity index (χ3n) is 2.87. The minimum absolute atomic E-state index is 0.264. The van der Waals surface area contributed by atoms with Gasteiger partial charge in [-0.1, -0.05) is 17.7 Å². The molecular weight excluding hydrogens is 314 g/mol. The summed E-state index contributed by atoms with van der Waals surface area (Å²) < 4.78 is 0. The second-order valence-electron chi connectivity index (χ2n) is 5.31. The number of nitrogens with one attached hydrogen (secondary N) is 4. The van der Waals surface area contributed by atoms with Crippen LogP contribution in [0.3, 0.4) is 0 Å². The smallest absolute Gasteiger partial charge is 0.328 e. The molecule has 0 saturated carbocycles. The van der Waals surface area contributed by atoms with Crippen LogP contribution >= 0.6 is 12.2 Å². The van der Waals surface area contributed by atoms with Crippen LogP contribution in [0, 0.1) is 6.92 Å². The average Bonchev–Trinajstić information content (AvgIpc) is 2.51. The molecule has 23 heavy (non-hydrogen) atoms. The number of carbonyl (C=O) groups excluding carboxylic acids is 2. The monoisotopic (exact) mass is 337 g/mol. The van der Waals surface area contributed by atoms with Crippen LogP contribution in [-0.2, 0) is 9.59 Å². The van der Waals surface area contributed by atoms with E-state index in [1.54, 1.807) is 12.1 Å². The first-order valence-corrected chi connectivity index (χ1v) is 7.66.